The van der Waals surface area contributed by atoms with Crippen LogP contribution in [0.4, 0.5) is 0 Å². The van der Waals surface area contributed by atoms with Gasteiger partial charge in [-0.05, 0) is 38.8 Å². The maximum atomic E-state index is 5.56. The standard InChI is InChI=1S/C11H15O/c1-8(2)12-11-9(3)6-5-7-10(11)4/h5-8H,1H2,2-4H3. The van der Waals surface area contributed by atoms with Gasteiger partial charge in [0.15, 0.2) is 0 Å². The second-order valence-electron chi connectivity index (χ2n) is 3.15. The summed E-state index contributed by atoms with van der Waals surface area (Å²) in [5.74, 6) is 0.972. The van der Waals surface area contributed by atoms with Crippen molar-refractivity contribution in [2.75, 3.05) is 0 Å². The van der Waals surface area contributed by atoms with E-state index in [2.05, 4.69) is 6.92 Å². The highest BCUT2D eigenvalue weighted by Crippen LogP contribution is 2.23. The van der Waals surface area contributed by atoms with Gasteiger partial charge >= 0.3 is 0 Å². The topological polar surface area (TPSA) is 9.23 Å². The number of ether oxygens (including phenoxy) is 1. The van der Waals surface area contributed by atoms with Crippen LogP contribution in [0.25, 0.3) is 0 Å². The highest BCUT2D eigenvalue weighted by molar-refractivity contribution is 5.39. The van der Waals surface area contributed by atoms with Crippen molar-refractivity contribution < 1.29 is 4.74 Å². The highest BCUT2D eigenvalue weighted by atomic mass is 16.5. The van der Waals surface area contributed by atoms with E-state index in [9.17, 15) is 0 Å². The van der Waals surface area contributed by atoms with Crippen LogP contribution in [0.2, 0.25) is 0 Å². The molecule has 1 unspecified atom stereocenters. The number of benzene rings is 1. The normalized spacial score (nSPS) is 10.4. The number of rotatable bonds is 2. The van der Waals surface area contributed by atoms with E-state index in [1.54, 1.807) is 0 Å². The third-order valence-corrected chi connectivity index (χ3v) is 1.73. The Morgan fingerprint density at radius 2 is 1.75 bits per heavy atom. The van der Waals surface area contributed by atoms with Gasteiger partial charge < -0.3 is 4.74 Å². The summed E-state index contributed by atoms with van der Waals surface area (Å²) in [5.41, 5.74) is 2.34. The number of hydrogen-bond acceptors (Lipinski definition) is 1. The van der Waals surface area contributed by atoms with E-state index in [1.807, 2.05) is 39.0 Å². The molecule has 1 atom stereocenters. The largest absolute Gasteiger partial charge is 0.490 e. The number of para-hydroxylation sites is 1. The van der Waals surface area contributed by atoms with Gasteiger partial charge in [0.25, 0.3) is 0 Å². The molecule has 12 heavy (non-hydrogen) atoms. The Hall–Kier alpha value is -0.980. The molecule has 0 amide bonds. The molecule has 0 saturated heterocycles. The molecule has 0 heterocycles. The highest BCUT2D eigenvalue weighted by Gasteiger charge is 2.03. The molecule has 1 aromatic carbocycles. The lowest BCUT2D eigenvalue weighted by Crippen LogP contribution is -2.08. The molecule has 0 aliphatic carbocycles. The van der Waals surface area contributed by atoms with Gasteiger partial charge in [-0.3, -0.25) is 0 Å². The summed E-state index contributed by atoms with van der Waals surface area (Å²) in [6.45, 7) is 9.82. The van der Waals surface area contributed by atoms with Gasteiger partial charge in [0, 0.05) is 0 Å². The maximum absolute atomic E-state index is 5.56. The predicted molar refractivity (Wildman–Crippen MR) is 51.4 cm³/mol. The van der Waals surface area contributed by atoms with E-state index in [4.69, 9.17) is 4.74 Å². The van der Waals surface area contributed by atoms with Gasteiger partial charge in [0.05, 0.1) is 6.10 Å². The molecule has 0 saturated carbocycles. The number of aryl methyl sites for hydroxylation is 2. The molecule has 0 bridgehead atoms. The average Bonchev–Trinajstić information content (AvgIpc) is 1.97. The lowest BCUT2D eigenvalue weighted by molar-refractivity contribution is 0.264. The lowest BCUT2D eigenvalue weighted by atomic mass is 10.1. The lowest BCUT2D eigenvalue weighted by Gasteiger charge is -2.14. The summed E-state index contributed by atoms with van der Waals surface area (Å²) in [4.78, 5) is 0. The molecule has 1 nitrogen and oxygen atoms in total. The summed E-state index contributed by atoms with van der Waals surface area (Å²) in [6.07, 6.45) is 0.00444. The zero-order valence-corrected chi connectivity index (χ0v) is 7.92. The fourth-order valence-corrected chi connectivity index (χ4v) is 1.19. The van der Waals surface area contributed by atoms with E-state index in [0.29, 0.717) is 0 Å². The van der Waals surface area contributed by atoms with Gasteiger partial charge in [0.2, 0.25) is 0 Å². The van der Waals surface area contributed by atoms with Gasteiger partial charge in [-0.1, -0.05) is 18.2 Å². The second-order valence-corrected chi connectivity index (χ2v) is 3.15. The Kier molecular flexibility index (Phi) is 2.74. The molecule has 0 spiro atoms. The van der Waals surface area contributed by atoms with Crippen molar-refractivity contribution in [2.45, 2.75) is 26.9 Å². The Balaban J connectivity index is 2.96. The third kappa shape index (κ3) is 2.00. The van der Waals surface area contributed by atoms with Crippen LogP contribution in [-0.4, -0.2) is 6.10 Å². The Morgan fingerprint density at radius 3 is 2.17 bits per heavy atom. The smallest absolute Gasteiger partial charge is 0.125 e. The van der Waals surface area contributed by atoms with Crippen LogP contribution in [0.5, 0.6) is 5.75 Å². The zero-order valence-electron chi connectivity index (χ0n) is 7.92. The predicted octanol–water partition coefficient (Wildman–Crippen LogP) is 2.90. The Morgan fingerprint density at radius 1 is 1.25 bits per heavy atom. The summed E-state index contributed by atoms with van der Waals surface area (Å²) in [6, 6.07) is 6.13. The monoisotopic (exact) mass is 163 g/mol. The van der Waals surface area contributed by atoms with E-state index < -0.39 is 0 Å². The molecule has 0 N–H and O–H groups in total. The third-order valence-electron chi connectivity index (χ3n) is 1.73. The van der Waals surface area contributed by atoms with Crippen molar-refractivity contribution in [3.63, 3.8) is 0 Å². The van der Waals surface area contributed by atoms with Gasteiger partial charge in [0.1, 0.15) is 5.75 Å². The van der Waals surface area contributed by atoms with Crippen LogP contribution in [0.1, 0.15) is 18.1 Å². The van der Waals surface area contributed by atoms with Crippen LogP contribution in [0, 0.1) is 20.8 Å². The molecule has 0 aromatic heterocycles. The fraction of sp³-hybridized carbons (Fsp3) is 0.364. The van der Waals surface area contributed by atoms with Crippen molar-refractivity contribution in [1.29, 1.82) is 0 Å². The summed E-state index contributed by atoms with van der Waals surface area (Å²) < 4.78 is 5.56. The van der Waals surface area contributed by atoms with Crippen molar-refractivity contribution in [3.05, 3.63) is 36.2 Å². The molecule has 1 heteroatoms. The minimum Gasteiger partial charge on any atom is -0.490 e. The maximum Gasteiger partial charge on any atom is 0.125 e. The van der Waals surface area contributed by atoms with Crippen LogP contribution >= 0.6 is 0 Å². The van der Waals surface area contributed by atoms with Crippen molar-refractivity contribution in [1.82, 2.24) is 0 Å². The van der Waals surface area contributed by atoms with Crippen LogP contribution in [0.3, 0.4) is 0 Å². The van der Waals surface area contributed by atoms with Crippen molar-refractivity contribution in [2.24, 2.45) is 0 Å². The first-order chi connectivity index (χ1) is 5.61. The van der Waals surface area contributed by atoms with E-state index in [0.717, 1.165) is 5.75 Å². The van der Waals surface area contributed by atoms with E-state index in [1.165, 1.54) is 11.1 Å². The first-order valence-electron chi connectivity index (χ1n) is 4.17. The fourth-order valence-electron chi connectivity index (χ4n) is 1.19. The molecule has 0 fully saturated rings. The molecule has 1 rings (SSSR count). The van der Waals surface area contributed by atoms with E-state index in [-0.39, 0.29) is 6.10 Å². The minimum absolute atomic E-state index is 0.00444. The Labute approximate surface area is 74.4 Å². The minimum atomic E-state index is 0.00444. The molecule has 1 radical (unpaired) electrons. The van der Waals surface area contributed by atoms with Crippen LogP contribution in [0.15, 0.2) is 18.2 Å². The average molecular weight is 163 g/mol. The van der Waals surface area contributed by atoms with Gasteiger partial charge in [-0.15, -0.1) is 0 Å². The van der Waals surface area contributed by atoms with E-state index >= 15 is 0 Å². The molecular formula is C11H15O. The first kappa shape index (κ1) is 9.11. The first-order valence-corrected chi connectivity index (χ1v) is 4.17. The van der Waals surface area contributed by atoms with Crippen molar-refractivity contribution in [3.8, 4) is 5.75 Å². The molecule has 0 aliphatic heterocycles. The van der Waals surface area contributed by atoms with Crippen LogP contribution in [-0.2, 0) is 0 Å². The van der Waals surface area contributed by atoms with Gasteiger partial charge in [-0.2, -0.15) is 0 Å². The zero-order chi connectivity index (χ0) is 9.14. The molecule has 0 aliphatic rings. The molecule has 65 valence electrons. The summed E-state index contributed by atoms with van der Waals surface area (Å²) in [7, 11) is 0. The summed E-state index contributed by atoms with van der Waals surface area (Å²) in [5, 5.41) is 0. The Bertz CT molecular complexity index is 243. The molecule has 1 aromatic rings. The second kappa shape index (κ2) is 3.61. The SMILES string of the molecule is [CH2]C(C)Oc1c(C)cccc1C. The number of hydrogen-bond donors (Lipinski definition) is 0. The quantitative estimate of drug-likeness (QED) is 0.651. The molecular weight excluding hydrogens is 148 g/mol. The van der Waals surface area contributed by atoms with Gasteiger partial charge in [-0.25, -0.2) is 0 Å². The van der Waals surface area contributed by atoms with Crippen LogP contribution < -0.4 is 4.74 Å². The summed E-state index contributed by atoms with van der Waals surface area (Å²) >= 11 is 0. The van der Waals surface area contributed by atoms with Crippen molar-refractivity contribution >= 4 is 0 Å².